The van der Waals surface area contributed by atoms with E-state index in [-0.39, 0.29) is 11.5 Å². The molecule has 0 aliphatic rings. The number of aromatic nitrogens is 3. The summed E-state index contributed by atoms with van der Waals surface area (Å²) in [5.41, 5.74) is 3.78. The van der Waals surface area contributed by atoms with E-state index in [2.05, 4.69) is 6.33 Å². The lowest BCUT2D eigenvalue weighted by atomic mass is 10.0. The summed E-state index contributed by atoms with van der Waals surface area (Å²) in [6.45, 7) is 0. The van der Waals surface area contributed by atoms with Crippen molar-refractivity contribution in [3.05, 3.63) is 109 Å². The summed E-state index contributed by atoms with van der Waals surface area (Å²) in [6, 6.07) is 32.3. The number of pyridine rings is 1. The highest BCUT2D eigenvalue weighted by Crippen LogP contribution is 2.33. The molecule has 5 nitrogen and oxygen atoms in total. The van der Waals surface area contributed by atoms with Crippen LogP contribution in [0, 0.1) is 6.33 Å². The first-order chi connectivity index (χ1) is 16.2. The second kappa shape index (κ2) is 7.50. The van der Waals surface area contributed by atoms with Gasteiger partial charge < -0.3 is 14.8 Å². The summed E-state index contributed by atoms with van der Waals surface area (Å²) in [7, 11) is 0. The van der Waals surface area contributed by atoms with Gasteiger partial charge in [-0.2, -0.15) is 0 Å². The fraction of sp³-hybridized carbons (Fsp3) is 0. The molecule has 4 aromatic carbocycles. The van der Waals surface area contributed by atoms with Gasteiger partial charge in [0.1, 0.15) is 17.2 Å². The fourth-order valence-electron chi connectivity index (χ4n) is 4.24. The van der Waals surface area contributed by atoms with Crippen molar-refractivity contribution < 1.29 is 14.8 Å². The average Bonchev–Trinajstić information content (AvgIpc) is 3.24. The first-order valence-electron chi connectivity index (χ1n) is 10.6. The number of phenols is 2. The van der Waals surface area contributed by atoms with E-state index in [0.29, 0.717) is 22.8 Å². The van der Waals surface area contributed by atoms with E-state index in [9.17, 15) is 10.2 Å². The van der Waals surface area contributed by atoms with Crippen LogP contribution in [0.5, 0.6) is 11.5 Å². The highest BCUT2D eigenvalue weighted by molar-refractivity contribution is 5.96. The van der Waals surface area contributed by atoms with Crippen molar-refractivity contribution in [2.75, 3.05) is 0 Å². The van der Waals surface area contributed by atoms with Gasteiger partial charge in [-0.1, -0.05) is 78.9 Å². The monoisotopic (exact) mass is 429 g/mol. The van der Waals surface area contributed by atoms with Crippen LogP contribution in [0.1, 0.15) is 0 Å². The maximum atomic E-state index is 10.6. The van der Waals surface area contributed by atoms with Gasteiger partial charge in [0.25, 0.3) is 0 Å². The average molecular weight is 429 g/mol. The zero-order valence-corrected chi connectivity index (χ0v) is 17.6. The topological polar surface area (TPSA) is 62.2 Å². The zero-order chi connectivity index (χ0) is 22.4. The minimum Gasteiger partial charge on any atom is -0.512 e. The molecule has 2 aromatic heterocycles. The minimum atomic E-state index is 0.169. The van der Waals surface area contributed by atoms with Gasteiger partial charge in [0, 0.05) is 16.4 Å². The van der Waals surface area contributed by atoms with Crippen LogP contribution in [-0.2, 0) is 0 Å². The maximum absolute atomic E-state index is 10.6. The van der Waals surface area contributed by atoms with Crippen molar-refractivity contribution in [2.24, 2.45) is 0 Å². The van der Waals surface area contributed by atoms with Gasteiger partial charge in [0.2, 0.25) is 5.82 Å². The Morgan fingerprint density at radius 1 is 0.727 bits per heavy atom. The highest BCUT2D eigenvalue weighted by Gasteiger charge is 2.18. The Balaban J connectivity index is 1.66. The molecule has 0 saturated heterocycles. The van der Waals surface area contributed by atoms with Gasteiger partial charge in [0.15, 0.2) is 6.33 Å². The molecule has 2 N–H and O–H groups in total. The quantitative estimate of drug-likeness (QED) is 0.295. The minimum absolute atomic E-state index is 0.169. The van der Waals surface area contributed by atoms with Gasteiger partial charge in [-0.3, -0.25) is 4.57 Å². The summed E-state index contributed by atoms with van der Waals surface area (Å²) in [6.07, 6.45) is 3.37. The first kappa shape index (κ1) is 19.1. The lowest BCUT2D eigenvalue weighted by Gasteiger charge is -2.09. The number of benzene rings is 4. The molecular weight excluding hydrogens is 410 g/mol. The van der Waals surface area contributed by atoms with Crippen molar-refractivity contribution in [1.29, 1.82) is 0 Å². The number of imidazole rings is 1. The molecule has 0 fully saturated rings. The number of aromatic hydroxyl groups is 2. The molecule has 0 aliphatic carbocycles. The van der Waals surface area contributed by atoms with Gasteiger partial charge >= 0.3 is 0 Å². The molecule has 0 atom stereocenters. The number of rotatable bonds is 3. The van der Waals surface area contributed by atoms with E-state index < -0.39 is 0 Å². The molecule has 0 unspecified atom stereocenters. The predicted molar refractivity (Wildman–Crippen MR) is 128 cm³/mol. The molecule has 0 saturated carbocycles. The summed E-state index contributed by atoms with van der Waals surface area (Å²) < 4.78 is 3.72. The molecule has 2 heterocycles. The van der Waals surface area contributed by atoms with E-state index >= 15 is 0 Å². The number of fused-ring (bicyclic) bond motifs is 2. The van der Waals surface area contributed by atoms with E-state index in [1.807, 2.05) is 88.0 Å². The van der Waals surface area contributed by atoms with Gasteiger partial charge in [-0.05, 0) is 29.7 Å². The fourth-order valence-corrected chi connectivity index (χ4v) is 4.24. The largest absolute Gasteiger partial charge is 0.512 e. The SMILES string of the molecule is Oc1ccccc1-c1nc(-[n+]2[c-]n(-c3ccccc3O)c3ccccc32)cc2ccccc12. The van der Waals surface area contributed by atoms with E-state index in [0.717, 1.165) is 21.8 Å². The van der Waals surface area contributed by atoms with E-state index in [1.165, 1.54) is 0 Å². The number of nitrogens with zero attached hydrogens (tertiary/aromatic N) is 3. The molecule has 0 aliphatic heterocycles. The van der Waals surface area contributed by atoms with Crippen molar-refractivity contribution in [1.82, 2.24) is 9.55 Å². The number of phenolic OH excluding ortho intramolecular Hbond substituents is 2. The summed E-state index contributed by atoms with van der Waals surface area (Å²) >= 11 is 0. The number of hydrogen-bond donors (Lipinski definition) is 2. The van der Waals surface area contributed by atoms with Crippen LogP contribution in [0.4, 0.5) is 0 Å². The van der Waals surface area contributed by atoms with Gasteiger partial charge in [0.05, 0.1) is 11.3 Å². The van der Waals surface area contributed by atoms with Crippen LogP contribution in [-0.4, -0.2) is 19.8 Å². The number of hydrogen-bond acceptors (Lipinski definition) is 3. The summed E-state index contributed by atoms with van der Waals surface area (Å²) in [5.74, 6) is 1.01. The third-order valence-electron chi connectivity index (χ3n) is 5.80. The molecule has 0 spiro atoms. The molecule has 158 valence electrons. The van der Waals surface area contributed by atoms with Crippen LogP contribution >= 0.6 is 0 Å². The van der Waals surface area contributed by atoms with Crippen molar-refractivity contribution in [3.63, 3.8) is 0 Å². The van der Waals surface area contributed by atoms with E-state index in [1.54, 1.807) is 24.3 Å². The standard InChI is InChI=1S/C28H19N3O2/c32-25-15-7-3-11-21(25)28-20-10-2-1-9-19(20)17-27(29-28)31-18-30(22-12-4-5-13-23(22)31)24-14-6-8-16-26(24)33/h1-17,32-33H. The summed E-state index contributed by atoms with van der Waals surface area (Å²) in [5, 5.41) is 23.0. The molecule has 5 heteroatoms. The zero-order valence-electron chi connectivity index (χ0n) is 17.6. The molecular formula is C28H19N3O2. The normalized spacial score (nSPS) is 11.3. The Labute approximate surface area is 190 Å². The Hall–Kier alpha value is -4.64. The summed E-state index contributed by atoms with van der Waals surface area (Å²) in [4.78, 5) is 4.98. The third kappa shape index (κ3) is 3.10. The predicted octanol–water partition coefficient (Wildman–Crippen LogP) is 5.33. The second-order valence-electron chi connectivity index (χ2n) is 7.82. The molecule has 6 aromatic rings. The Kier molecular flexibility index (Phi) is 4.33. The lowest BCUT2D eigenvalue weighted by Crippen LogP contribution is -2.31. The van der Waals surface area contributed by atoms with Gasteiger partial charge in [-0.15, -0.1) is 4.98 Å². The number of para-hydroxylation sites is 5. The lowest BCUT2D eigenvalue weighted by molar-refractivity contribution is -0.576. The maximum Gasteiger partial charge on any atom is 0.204 e. The van der Waals surface area contributed by atoms with Crippen molar-refractivity contribution in [2.45, 2.75) is 0 Å². The molecule has 0 bridgehead atoms. The Morgan fingerprint density at radius 2 is 1.42 bits per heavy atom. The van der Waals surface area contributed by atoms with E-state index in [4.69, 9.17) is 4.98 Å². The second-order valence-corrected chi connectivity index (χ2v) is 7.82. The Morgan fingerprint density at radius 3 is 2.27 bits per heavy atom. The van der Waals surface area contributed by atoms with Crippen molar-refractivity contribution >= 4 is 21.8 Å². The van der Waals surface area contributed by atoms with Crippen LogP contribution in [0.25, 0.3) is 44.6 Å². The van der Waals surface area contributed by atoms with Crippen LogP contribution in [0.3, 0.4) is 0 Å². The van der Waals surface area contributed by atoms with Crippen molar-refractivity contribution in [3.8, 4) is 34.3 Å². The van der Waals surface area contributed by atoms with Crippen LogP contribution < -0.4 is 4.57 Å². The highest BCUT2D eigenvalue weighted by atomic mass is 16.3. The molecule has 33 heavy (non-hydrogen) atoms. The molecule has 0 radical (unpaired) electrons. The molecule has 6 rings (SSSR count). The Bertz CT molecular complexity index is 1650. The molecule has 0 amide bonds. The van der Waals surface area contributed by atoms with Crippen LogP contribution in [0.15, 0.2) is 103 Å². The first-order valence-corrected chi connectivity index (χ1v) is 10.6. The van der Waals surface area contributed by atoms with Crippen LogP contribution in [0.2, 0.25) is 0 Å². The van der Waals surface area contributed by atoms with Gasteiger partial charge in [-0.25, -0.2) is 0 Å². The third-order valence-corrected chi connectivity index (χ3v) is 5.80. The smallest absolute Gasteiger partial charge is 0.204 e.